The smallest absolute Gasteiger partial charge is 0.336 e. The van der Waals surface area contributed by atoms with Crippen LogP contribution in [0.15, 0.2) is 44.3 Å². The molecule has 0 N–H and O–H groups in total. The second kappa shape index (κ2) is 8.25. The van der Waals surface area contributed by atoms with E-state index in [9.17, 15) is 14.4 Å². The quantitative estimate of drug-likeness (QED) is 0.523. The maximum absolute atomic E-state index is 13.3. The van der Waals surface area contributed by atoms with Crippen molar-refractivity contribution in [1.82, 2.24) is 9.47 Å². The van der Waals surface area contributed by atoms with E-state index >= 15 is 0 Å². The minimum absolute atomic E-state index is 0.0250. The third-order valence-corrected chi connectivity index (χ3v) is 7.79. The van der Waals surface area contributed by atoms with Crippen LogP contribution in [0.5, 0.6) is 11.5 Å². The van der Waals surface area contributed by atoms with Gasteiger partial charge in [-0.25, -0.2) is 4.79 Å². The van der Waals surface area contributed by atoms with E-state index in [0.717, 1.165) is 36.1 Å². The number of aromatic nitrogens is 1. The molecule has 2 bridgehead atoms. The molecular formula is C28H30N2O6. The molecule has 2 aromatic heterocycles. The van der Waals surface area contributed by atoms with Gasteiger partial charge in [-0.05, 0) is 57.6 Å². The van der Waals surface area contributed by atoms with Gasteiger partial charge >= 0.3 is 5.63 Å². The first-order valence-electron chi connectivity index (χ1n) is 12.6. The van der Waals surface area contributed by atoms with E-state index in [-0.39, 0.29) is 35.5 Å². The van der Waals surface area contributed by atoms with Crippen molar-refractivity contribution in [3.05, 3.63) is 67.9 Å². The number of aryl methyl sites for hydroxylation is 2. The third-order valence-electron chi connectivity index (χ3n) is 7.79. The lowest BCUT2D eigenvalue weighted by molar-refractivity contribution is -0.136. The normalized spacial score (nSPS) is 21.9. The molecule has 36 heavy (non-hydrogen) atoms. The van der Waals surface area contributed by atoms with Crippen LogP contribution in [-0.2, 0) is 17.8 Å². The van der Waals surface area contributed by atoms with Crippen LogP contribution in [0.2, 0.25) is 0 Å². The summed E-state index contributed by atoms with van der Waals surface area (Å²) in [5.74, 6) is 1.40. The molecule has 0 radical (unpaired) electrons. The molecule has 3 aliphatic rings. The van der Waals surface area contributed by atoms with Crippen LogP contribution in [0.1, 0.15) is 49.4 Å². The Morgan fingerprint density at radius 2 is 2.00 bits per heavy atom. The fourth-order valence-corrected chi connectivity index (χ4v) is 6.07. The molecule has 0 aliphatic carbocycles. The zero-order chi connectivity index (χ0) is 25.2. The van der Waals surface area contributed by atoms with Crippen LogP contribution in [-0.4, -0.2) is 40.7 Å². The monoisotopic (exact) mass is 490 g/mol. The molecule has 3 aliphatic heterocycles. The van der Waals surface area contributed by atoms with E-state index in [1.54, 1.807) is 12.1 Å². The SMILES string of the molecule is Cc1cc(=O)oc2c3c(cc(OCC(=O)N4CC5CC(C4)c4cccc(=O)n4C5)c12)OC(C)(C)CC3. The molecule has 0 saturated carbocycles. The number of carbonyl (C=O) groups excluding carboxylic acids is 1. The number of ether oxygens (including phenoxy) is 2. The van der Waals surface area contributed by atoms with Gasteiger partial charge in [-0.3, -0.25) is 9.59 Å². The molecule has 3 aromatic rings. The average molecular weight is 491 g/mol. The number of carbonyl (C=O) groups is 1. The van der Waals surface area contributed by atoms with E-state index in [4.69, 9.17) is 13.9 Å². The van der Waals surface area contributed by atoms with Crippen LogP contribution >= 0.6 is 0 Å². The molecule has 0 spiro atoms. The molecule has 6 rings (SSSR count). The van der Waals surface area contributed by atoms with Crippen molar-refractivity contribution in [2.75, 3.05) is 19.7 Å². The van der Waals surface area contributed by atoms with Crippen molar-refractivity contribution in [3.8, 4) is 11.5 Å². The number of rotatable bonds is 3. The number of amides is 1. The zero-order valence-electron chi connectivity index (χ0n) is 20.8. The lowest BCUT2D eigenvalue weighted by atomic mass is 9.83. The topological polar surface area (TPSA) is 91.0 Å². The Hall–Kier alpha value is -3.55. The van der Waals surface area contributed by atoms with Gasteiger partial charge in [0, 0.05) is 55.0 Å². The minimum atomic E-state index is -0.417. The zero-order valence-corrected chi connectivity index (χ0v) is 20.8. The Morgan fingerprint density at radius 3 is 2.83 bits per heavy atom. The highest BCUT2D eigenvalue weighted by Crippen LogP contribution is 2.43. The van der Waals surface area contributed by atoms with E-state index in [1.165, 1.54) is 6.07 Å². The second-order valence-electron chi connectivity index (χ2n) is 11.0. The first kappa shape index (κ1) is 22.9. The van der Waals surface area contributed by atoms with Crippen molar-refractivity contribution in [2.24, 2.45) is 5.92 Å². The van der Waals surface area contributed by atoms with Crippen LogP contribution in [0, 0.1) is 12.8 Å². The van der Waals surface area contributed by atoms with Gasteiger partial charge in [0.1, 0.15) is 22.7 Å². The Bertz CT molecular complexity index is 1500. The van der Waals surface area contributed by atoms with Crippen LogP contribution < -0.4 is 20.7 Å². The molecule has 2 atom stereocenters. The summed E-state index contributed by atoms with van der Waals surface area (Å²) in [5, 5.41) is 0.702. The first-order valence-corrected chi connectivity index (χ1v) is 12.6. The summed E-state index contributed by atoms with van der Waals surface area (Å²) in [7, 11) is 0. The summed E-state index contributed by atoms with van der Waals surface area (Å²) in [5.41, 5.74) is 2.35. The van der Waals surface area contributed by atoms with Crippen LogP contribution in [0.3, 0.4) is 0 Å². The van der Waals surface area contributed by atoms with E-state index in [1.807, 2.05) is 42.4 Å². The standard InChI is InChI=1S/C28H30N2O6/c1-16-9-25(33)35-27-19-7-8-28(2,3)36-21(19)11-22(26(16)27)34-15-24(32)29-12-17-10-18(14-29)20-5-4-6-23(31)30(20)13-17/h4-6,9,11,17-18H,7-8,10,12-15H2,1-3H3. The largest absolute Gasteiger partial charge is 0.487 e. The highest BCUT2D eigenvalue weighted by atomic mass is 16.5. The van der Waals surface area contributed by atoms with Gasteiger partial charge in [-0.2, -0.15) is 0 Å². The Balaban J connectivity index is 1.27. The number of hydrogen-bond acceptors (Lipinski definition) is 6. The van der Waals surface area contributed by atoms with Crippen LogP contribution in [0.4, 0.5) is 0 Å². The number of benzene rings is 1. The number of hydrogen-bond donors (Lipinski definition) is 0. The lowest BCUT2D eigenvalue weighted by Crippen LogP contribution is -2.50. The molecule has 8 heteroatoms. The predicted octanol–water partition coefficient (Wildman–Crippen LogP) is 3.39. The van der Waals surface area contributed by atoms with E-state index < -0.39 is 5.63 Å². The fraction of sp³-hybridized carbons (Fsp3) is 0.464. The summed E-state index contributed by atoms with van der Waals surface area (Å²) >= 11 is 0. The molecule has 188 valence electrons. The summed E-state index contributed by atoms with van der Waals surface area (Å²) in [6.45, 7) is 7.58. The lowest BCUT2D eigenvalue weighted by Gasteiger charge is -2.42. The minimum Gasteiger partial charge on any atom is -0.487 e. The van der Waals surface area contributed by atoms with Gasteiger partial charge in [-0.1, -0.05) is 6.07 Å². The maximum atomic E-state index is 13.3. The van der Waals surface area contributed by atoms with Gasteiger partial charge in [0.15, 0.2) is 6.61 Å². The Kier molecular flexibility index (Phi) is 5.24. The number of piperidine rings is 1. The van der Waals surface area contributed by atoms with Crippen molar-refractivity contribution in [3.63, 3.8) is 0 Å². The summed E-state index contributed by atoms with van der Waals surface area (Å²) in [4.78, 5) is 39.6. The van der Waals surface area contributed by atoms with Gasteiger partial charge in [0.25, 0.3) is 11.5 Å². The van der Waals surface area contributed by atoms with Crippen molar-refractivity contribution in [1.29, 1.82) is 0 Å². The van der Waals surface area contributed by atoms with Gasteiger partial charge < -0.3 is 23.4 Å². The van der Waals surface area contributed by atoms with E-state index in [0.29, 0.717) is 42.1 Å². The summed E-state index contributed by atoms with van der Waals surface area (Å²) in [6, 6.07) is 8.65. The molecule has 8 nitrogen and oxygen atoms in total. The van der Waals surface area contributed by atoms with Gasteiger partial charge in [-0.15, -0.1) is 0 Å². The van der Waals surface area contributed by atoms with Crippen molar-refractivity contribution in [2.45, 2.75) is 58.1 Å². The molecule has 1 saturated heterocycles. The summed E-state index contributed by atoms with van der Waals surface area (Å²) < 4.78 is 19.8. The molecule has 5 heterocycles. The molecule has 1 amide bonds. The molecule has 1 fully saturated rings. The maximum Gasteiger partial charge on any atom is 0.336 e. The average Bonchev–Trinajstić information content (AvgIpc) is 2.81. The molecule has 1 aromatic carbocycles. The predicted molar refractivity (Wildman–Crippen MR) is 134 cm³/mol. The van der Waals surface area contributed by atoms with E-state index in [2.05, 4.69) is 0 Å². The Labute approximate surface area is 208 Å². The number of nitrogens with zero attached hydrogens (tertiary/aromatic N) is 2. The number of likely N-dealkylation sites (tertiary alicyclic amines) is 1. The van der Waals surface area contributed by atoms with Gasteiger partial charge in [0.2, 0.25) is 0 Å². The number of fused-ring (bicyclic) bond motifs is 7. The molecule has 2 unspecified atom stereocenters. The third kappa shape index (κ3) is 3.88. The fourth-order valence-electron chi connectivity index (χ4n) is 6.07. The second-order valence-corrected chi connectivity index (χ2v) is 11.0. The highest BCUT2D eigenvalue weighted by Gasteiger charge is 2.36. The van der Waals surface area contributed by atoms with Gasteiger partial charge in [0.05, 0.1) is 5.39 Å². The van der Waals surface area contributed by atoms with Crippen molar-refractivity contribution < 1.29 is 18.7 Å². The molecular weight excluding hydrogens is 460 g/mol. The summed E-state index contributed by atoms with van der Waals surface area (Å²) in [6.07, 6.45) is 2.51. The first-order chi connectivity index (χ1) is 17.2. The highest BCUT2D eigenvalue weighted by molar-refractivity contribution is 5.91. The Morgan fingerprint density at radius 1 is 1.17 bits per heavy atom. The van der Waals surface area contributed by atoms with Crippen molar-refractivity contribution >= 4 is 16.9 Å². The number of pyridine rings is 1. The van der Waals surface area contributed by atoms with Crippen LogP contribution in [0.25, 0.3) is 11.0 Å².